The number of rotatable bonds is 4. The summed E-state index contributed by atoms with van der Waals surface area (Å²) in [6, 6.07) is 5.18. The predicted molar refractivity (Wildman–Crippen MR) is 96.0 cm³/mol. The number of halogens is 1. The maximum atomic E-state index is 14.4. The SMILES string of the molecule is O=C(CN1CCCCC1)Nc1ccc(N2CCCCCC2)cc1F. The molecule has 2 aliphatic heterocycles. The van der Waals surface area contributed by atoms with Crippen LogP contribution in [-0.4, -0.2) is 43.5 Å². The molecule has 1 aromatic rings. The number of carbonyl (C=O) groups is 1. The van der Waals surface area contributed by atoms with Gasteiger partial charge in [0.15, 0.2) is 0 Å². The van der Waals surface area contributed by atoms with Crippen LogP contribution >= 0.6 is 0 Å². The molecule has 2 heterocycles. The Morgan fingerprint density at radius 2 is 1.58 bits per heavy atom. The largest absolute Gasteiger partial charge is 0.371 e. The van der Waals surface area contributed by atoms with Crippen LogP contribution in [-0.2, 0) is 4.79 Å². The van der Waals surface area contributed by atoms with Crippen molar-refractivity contribution in [3.05, 3.63) is 24.0 Å². The van der Waals surface area contributed by atoms with Gasteiger partial charge in [-0.3, -0.25) is 9.69 Å². The van der Waals surface area contributed by atoms with E-state index in [2.05, 4.69) is 15.1 Å². The molecule has 2 fully saturated rings. The van der Waals surface area contributed by atoms with Gasteiger partial charge in [0.1, 0.15) is 5.82 Å². The van der Waals surface area contributed by atoms with Crippen molar-refractivity contribution < 1.29 is 9.18 Å². The summed E-state index contributed by atoms with van der Waals surface area (Å²) in [5, 5.41) is 2.73. The lowest BCUT2D eigenvalue weighted by molar-refractivity contribution is -0.117. The number of piperidine rings is 1. The molecule has 3 rings (SSSR count). The van der Waals surface area contributed by atoms with E-state index in [1.165, 1.54) is 19.3 Å². The molecule has 1 aromatic carbocycles. The minimum atomic E-state index is -0.344. The van der Waals surface area contributed by atoms with Crippen LogP contribution < -0.4 is 10.2 Å². The van der Waals surface area contributed by atoms with Crippen LogP contribution in [0.5, 0.6) is 0 Å². The lowest BCUT2D eigenvalue weighted by Gasteiger charge is -2.26. The van der Waals surface area contributed by atoms with Crippen LogP contribution in [0.25, 0.3) is 0 Å². The first-order chi connectivity index (χ1) is 11.7. The summed E-state index contributed by atoms with van der Waals surface area (Å²) in [5.74, 6) is -0.470. The van der Waals surface area contributed by atoms with Crippen LogP contribution in [0.1, 0.15) is 44.9 Å². The molecule has 0 unspecified atom stereocenters. The highest BCUT2D eigenvalue weighted by Crippen LogP contribution is 2.24. The summed E-state index contributed by atoms with van der Waals surface area (Å²) in [4.78, 5) is 16.5. The summed E-state index contributed by atoms with van der Waals surface area (Å²) in [7, 11) is 0. The highest BCUT2D eigenvalue weighted by Gasteiger charge is 2.16. The van der Waals surface area contributed by atoms with Crippen LogP contribution in [0.15, 0.2) is 18.2 Å². The second kappa shape index (κ2) is 8.47. The van der Waals surface area contributed by atoms with E-state index in [4.69, 9.17) is 0 Å². The summed E-state index contributed by atoms with van der Waals surface area (Å²) in [6.45, 7) is 4.25. The van der Waals surface area contributed by atoms with E-state index in [0.717, 1.165) is 57.5 Å². The lowest BCUT2D eigenvalue weighted by Crippen LogP contribution is -2.37. The number of carbonyl (C=O) groups excluding carboxylic acids is 1. The van der Waals surface area contributed by atoms with Crippen molar-refractivity contribution >= 4 is 17.3 Å². The maximum absolute atomic E-state index is 14.4. The minimum Gasteiger partial charge on any atom is -0.371 e. The molecule has 5 heteroatoms. The van der Waals surface area contributed by atoms with Crippen LogP contribution in [0.2, 0.25) is 0 Å². The number of anilines is 2. The van der Waals surface area contributed by atoms with Gasteiger partial charge in [-0.2, -0.15) is 0 Å². The zero-order valence-corrected chi connectivity index (χ0v) is 14.4. The summed E-state index contributed by atoms with van der Waals surface area (Å²) < 4.78 is 14.4. The first-order valence-corrected chi connectivity index (χ1v) is 9.29. The zero-order chi connectivity index (χ0) is 16.8. The van der Waals surface area contributed by atoms with Gasteiger partial charge in [0.2, 0.25) is 5.91 Å². The molecule has 2 saturated heterocycles. The molecule has 0 saturated carbocycles. The number of hydrogen-bond acceptors (Lipinski definition) is 3. The van der Waals surface area contributed by atoms with E-state index < -0.39 is 0 Å². The number of nitrogens with one attached hydrogen (secondary N) is 1. The van der Waals surface area contributed by atoms with Gasteiger partial charge in [0, 0.05) is 18.8 Å². The standard InChI is InChI=1S/C19H28FN3O/c20-17-14-16(23-12-6-1-2-7-13-23)8-9-18(17)21-19(24)15-22-10-4-3-5-11-22/h8-9,14H,1-7,10-13,15H2,(H,21,24). The molecular weight excluding hydrogens is 305 g/mol. The molecule has 132 valence electrons. The van der Waals surface area contributed by atoms with E-state index in [-0.39, 0.29) is 17.4 Å². The average molecular weight is 333 g/mol. The van der Waals surface area contributed by atoms with Crippen LogP contribution in [0.3, 0.4) is 0 Å². The average Bonchev–Trinajstić information content (AvgIpc) is 2.87. The molecule has 4 nitrogen and oxygen atoms in total. The Labute approximate surface area is 144 Å². The second-order valence-electron chi connectivity index (χ2n) is 6.95. The molecule has 0 spiro atoms. The second-order valence-corrected chi connectivity index (χ2v) is 6.95. The van der Waals surface area contributed by atoms with Crippen molar-refractivity contribution in [3.63, 3.8) is 0 Å². The number of nitrogens with zero attached hydrogens (tertiary/aromatic N) is 2. The summed E-state index contributed by atoms with van der Waals surface area (Å²) in [6.07, 6.45) is 8.36. The monoisotopic (exact) mass is 333 g/mol. The van der Waals surface area contributed by atoms with Gasteiger partial charge in [-0.15, -0.1) is 0 Å². The highest BCUT2D eigenvalue weighted by atomic mass is 19.1. The molecular formula is C19H28FN3O. The van der Waals surface area contributed by atoms with E-state index in [1.807, 2.05) is 6.07 Å². The number of amides is 1. The minimum absolute atomic E-state index is 0.127. The topological polar surface area (TPSA) is 35.6 Å². The molecule has 0 aliphatic carbocycles. The van der Waals surface area contributed by atoms with Crippen molar-refractivity contribution in [1.82, 2.24) is 4.90 Å². The van der Waals surface area contributed by atoms with Gasteiger partial charge in [-0.1, -0.05) is 19.3 Å². The fourth-order valence-electron chi connectivity index (χ4n) is 3.64. The normalized spacial score (nSPS) is 19.8. The van der Waals surface area contributed by atoms with Crippen molar-refractivity contribution in [2.24, 2.45) is 0 Å². The van der Waals surface area contributed by atoms with E-state index in [9.17, 15) is 9.18 Å². The maximum Gasteiger partial charge on any atom is 0.238 e. The van der Waals surface area contributed by atoms with Crippen molar-refractivity contribution in [3.8, 4) is 0 Å². The van der Waals surface area contributed by atoms with Crippen molar-refractivity contribution in [2.45, 2.75) is 44.9 Å². The van der Waals surface area contributed by atoms with Gasteiger partial charge in [-0.25, -0.2) is 4.39 Å². The Hall–Kier alpha value is -1.62. The highest BCUT2D eigenvalue weighted by molar-refractivity contribution is 5.92. The lowest BCUT2D eigenvalue weighted by atomic mass is 10.1. The number of likely N-dealkylation sites (tertiary alicyclic amines) is 1. The third-order valence-corrected chi connectivity index (χ3v) is 5.01. The molecule has 2 aliphatic rings. The Balaban J connectivity index is 1.58. The number of hydrogen-bond donors (Lipinski definition) is 1. The molecule has 0 bridgehead atoms. The quantitative estimate of drug-likeness (QED) is 0.914. The van der Waals surface area contributed by atoms with Crippen LogP contribution in [0.4, 0.5) is 15.8 Å². The molecule has 24 heavy (non-hydrogen) atoms. The Morgan fingerprint density at radius 3 is 2.25 bits per heavy atom. The van der Waals surface area contributed by atoms with Gasteiger partial charge >= 0.3 is 0 Å². The Bertz CT molecular complexity index is 550. The first kappa shape index (κ1) is 17.2. The van der Waals surface area contributed by atoms with Gasteiger partial charge in [0.05, 0.1) is 12.2 Å². The first-order valence-electron chi connectivity index (χ1n) is 9.29. The van der Waals surface area contributed by atoms with E-state index in [0.29, 0.717) is 6.54 Å². The molecule has 0 radical (unpaired) electrons. The Morgan fingerprint density at radius 1 is 0.958 bits per heavy atom. The summed E-state index contributed by atoms with van der Waals surface area (Å²) >= 11 is 0. The fraction of sp³-hybridized carbons (Fsp3) is 0.632. The van der Waals surface area contributed by atoms with E-state index >= 15 is 0 Å². The van der Waals surface area contributed by atoms with Crippen LogP contribution in [0, 0.1) is 5.82 Å². The Kier molecular flexibility index (Phi) is 6.07. The summed E-state index contributed by atoms with van der Waals surface area (Å²) in [5.41, 5.74) is 1.21. The van der Waals surface area contributed by atoms with Gasteiger partial charge in [0.25, 0.3) is 0 Å². The smallest absolute Gasteiger partial charge is 0.238 e. The number of benzene rings is 1. The fourth-order valence-corrected chi connectivity index (χ4v) is 3.64. The van der Waals surface area contributed by atoms with Crippen molar-refractivity contribution in [2.75, 3.05) is 42.9 Å². The van der Waals surface area contributed by atoms with Gasteiger partial charge in [-0.05, 0) is 57.0 Å². The molecule has 1 N–H and O–H groups in total. The van der Waals surface area contributed by atoms with Gasteiger partial charge < -0.3 is 10.2 Å². The third-order valence-electron chi connectivity index (χ3n) is 5.01. The van der Waals surface area contributed by atoms with E-state index in [1.54, 1.807) is 12.1 Å². The molecule has 1 amide bonds. The van der Waals surface area contributed by atoms with Crippen molar-refractivity contribution in [1.29, 1.82) is 0 Å². The third kappa shape index (κ3) is 4.69. The molecule has 0 atom stereocenters. The predicted octanol–water partition coefficient (Wildman–Crippen LogP) is 3.63. The molecule has 0 aromatic heterocycles. The zero-order valence-electron chi connectivity index (χ0n) is 14.4.